The van der Waals surface area contributed by atoms with Crippen molar-refractivity contribution in [1.29, 1.82) is 0 Å². The Hall–Kier alpha value is -2.03. The van der Waals surface area contributed by atoms with E-state index in [4.69, 9.17) is 0 Å². The summed E-state index contributed by atoms with van der Waals surface area (Å²) in [5, 5.41) is 10.8. The molecule has 2 heterocycles. The molecule has 1 aliphatic carbocycles. The summed E-state index contributed by atoms with van der Waals surface area (Å²) in [6.07, 6.45) is 5.56. The molecule has 1 saturated carbocycles. The lowest BCUT2D eigenvalue weighted by atomic mass is 9.84. The van der Waals surface area contributed by atoms with Gasteiger partial charge in [-0.2, -0.15) is 0 Å². The largest absolute Gasteiger partial charge is 0.339 e. The van der Waals surface area contributed by atoms with Gasteiger partial charge in [0.15, 0.2) is 0 Å². The zero-order valence-electron chi connectivity index (χ0n) is 15.0. The maximum absolute atomic E-state index is 12.7. The van der Waals surface area contributed by atoms with E-state index in [1.165, 1.54) is 11.0 Å². The van der Waals surface area contributed by atoms with E-state index in [0.29, 0.717) is 32.2 Å². The van der Waals surface area contributed by atoms with Crippen molar-refractivity contribution in [2.24, 2.45) is 5.92 Å². The van der Waals surface area contributed by atoms with Crippen molar-refractivity contribution in [2.75, 3.05) is 40.3 Å². The van der Waals surface area contributed by atoms with Crippen LogP contribution in [0.15, 0.2) is 6.33 Å². The monoisotopic (exact) mass is 349 g/mol. The smallest absolute Gasteiger partial charge is 0.244 e. The second-order valence-electron chi connectivity index (χ2n) is 7.18. The van der Waals surface area contributed by atoms with Crippen LogP contribution in [0, 0.1) is 5.92 Å². The Bertz CT molecular complexity index is 573. The third-order valence-corrected chi connectivity index (χ3v) is 5.41. The minimum Gasteiger partial charge on any atom is -0.339 e. The zero-order chi connectivity index (χ0) is 17.8. The second kappa shape index (κ2) is 7.90. The van der Waals surface area contributed by atoms with Gasteiger partial charge in [0.1, 0.15) is 12.9 Å². The van der Waals surface area contributed by atoms with E-state index < -0.39 is 0 Å². The van der Waals surface area contributed by atoms with Crippen molar-refractivity contribution in [3.8, 4) is 0 Å². The van der Waals surface area contributed by atoms with Gasteiger partial charge in [0.05, 0.1) is 0 Å². The fourth-order valence-corrected chi connectivity index (χ4v) is 3.76. The molecule has 0 radical (unpaired) electrons. The standard InChI is InChI=1S/C16H27N7O2/c1-20(2)14-5-3-13(4-6-14)16(25)22-9-7-21(8-10-22)15(24)11-23-12-17-18-19-23/h12-14H,3-11H2,1-2H3. The van der Waals surface area contributed by atoms with Crippen molar-refractivity contribution in [2.45, 2.75) is 38.3 Å². The normalized spacial score (nSPS) is 24.6. The molecule has 2 aliphatic rings. The fourth-order valence-electron chi connectivity index (χ4n) is 3.76. The molecule has 9 heteroatoms. The second-order valence-corrected chi connectivity index (χ2v) is 7.18. The van der Waals surface area contributed by atoms with Crippen LogP contribution in [-0.2, 0) is 16.1 Å². The molecule has 138 valence electrons. The number of piperazine rings is 1. The van der Waals surface area contributed by atoms with Crippen molar-refractivity contribution in [3.63, 3.8) is 0 Å². The van der Waals surface area contributed by atoms with Gasteiger partial charge in [0.25, 0.3) is 0 Å². The van der Waals surface area contributed by atoms with E-state index in [2.05, 4.69) is 34.5 Å². The molecular weight excluding hydrogens is 322 g/mol. The molecule has 0 N–H and O–H groups in total. The number of amides is 2. The van der Waals surface area contributed by atoms with Gasteiger partial charge in [-0.25, -0.2) is 4.68 Å². The van der Waals surface area contributed by atoms with Crippen molar-refractivity contribution in [3.05, 3.63) is 6.33 Å². The van der Waals surface area contributed by atoms with E-state index in [9.17, 15) is 9.59 Å². The van der Waals surface area contributed by atoms with Crippen LogP contribution in [0.25, 0.3) is 0 Å². The Morgan fingerprint density at radius 3 is 2.24 bits per heavy atom. The first-order chi connectivity index (χ1) is 12.0. The molecule has 1 aromatic heterocycles. The van der Waals surface area contributed by atoms with E-state index >= 15 is 0 Å². The number of hydrogen-bond donors (Lipinski definition) is 0. The summed E-state index contributed by atoms with van der Waals surface area (Å²) in [6.45, 7) is 2.55. The molecule has 1 saturated heterocycles. The average Bonchev–Trinajstić information content (AvgIpc) is 3.14. The molecule has 0 aromatic carbocycles. The molecule has 1 aromatic rings. The lowest BCUT2D eigenvalue weighted by Crippen LogP contribution is -2.53. The molecule has 0 atom stereocenters. The molecule has 3 rings (SSSR count). The summed E-state index contributed by atoms with van der Waals surface area (Å²) in [5.41, 5.74) is 0. The van der Waals surface area contributed by atoms with Gasteiger partial charge < -0.3 is 14.7 Å². The van der Waals surface area contributed by atoms with Crippen LogP contribution >= 0.6 is 0 Å². The molecule has 2 amide bonds. The van der Waals surface area contributed by atoms with Gasteiger partial charge in [-0.1, -0.05) is 0 Å². The third-order valence-electron chi connectivity index (χ3n) is 5.41. The van der Waals surface area contributed by atoms with Gasteiger partial charge in [-0.3, -0.25) is 9.59 Å². The topological polar surface area (TPSA) is 87.5 Å². The summed E-state index contributed by atoms with van der Waals surface area (Å²) in [6, 6.07) is 0.602. The van der Waals surface area contributed by atoms with Gasteiger partial charge >= 0.3 is 0 Å². The Morgan fingerprint density at radius 2 is 1.68 bits per heavy atom. The Kier molecular flexibility index (Phi) is 5.62. The minimum absolute atomic E-state index is 0.00844. The van der Waals surface area contributed by atoms with E-state index in [1.54, 1.807) is 4.90 Å². The number of nitrogens with zero attached hydrogens (tertiary/aromatic N) is 7. The number of carbonyl (C=O) groups is 2. The first-order valence-corrected chi connectivity index (χ1v) is 8.98. The maximum Gasteiger partial charge on any atom is 0.244 e. The molecule has 25 heavy (non-hydrogen) atoms. The highest BCUT2D eigenvalue weighted by Crippen LogP contribution is 2.28. The average molecular weight is 349 g/mol. The summed E-state index contributed by atoms with van der Waals surface area (Å²) in [7, 11) is 4.22. The van der Waals surface area contributed by atoms with Gasteiger partial charge in [-0.05, 0) is 50.2 Å². The van der Waals surface area contributed by atoms with Crippen LogP contribution < -0.4 is 0 Å². The molecule has 0 unspecified atom stereocenters. The van der Waals surface area contributed by atoms with Crippen molar-refractivity contribution < 1.29 is 9.59 Å². The number of rotatable bonds is 4. The number of hydrogen-bond acceptors (Lipinski definition) is 6. The van der Waals surface area contributed by atoms with Crippen LogP contribution in [0.5, 0.6) is 0 Å². The van der Waals surface area contributed by atoms with Crippen molar-refractivity contribution in [1.82, 2.24) is 34.9 Å². The van der Waals surface area contributed by atoms with Gasteiger partial charge in [0, 0.05) is 38.1 Å². The molecule has 0 spiro atoms. The molecular formula is C16H27N7O2. The minimum atomic E-state index is -0.00844. The van der Waals surface area contributed by atoms with E-state index in [0.717, 1.165) is 25.7 Å². The third kappa shape index (κ3) is 4.33. The van der Waals surface area contributed by atoms with Crippen LogP contribution in [0.1, 0.15) is 25.7 Å². The van der Waals surface area contributed by atoms with Crippen LogP contribution in [0.4, 0.5) is 0 Å². The first-order valence-electron chi connectivity index (χ1n) is 8.98. The van der Waals surface area contributed by atoms with Crippen LogP contribution in [0.2, 0.25) is 0 Å². The predicted octanol–water partition coefficient (Wildman–Crippen LogP) is -0.536. The van der Waals surface area contributed by atoms with E-state index in [-0.39, 0.29) is 24.3 Å². The highest BCUT2D eigenvalue weighted by molar-refractivity contribution is 5.80. The summed E-state index contributed by atoms with van der Waals surface area (Å²) in [4.78, 5) is 31.0. The van der Waals surface area contributed by atoms with Crippen molar-refractivity contribution >= 4 is 11.8 Å². The quantitative estimate of drug-likeness (QED) is 0.726. The Labute approximate surface area is 147 Å². The van der Waals surface area contributed by atoms with Gasteiger partial charge in [0.2, 0.25) is 11.8 Å². The molecule has 1 aliphatic heterocycles. The zero-order valence-corrected chi connectivity index (χ0v) is 15.0. The predicted molar refractivity (Wildman–Crippen MR) is 90.4 cm³/mol. The Morgan fingerprint density at radius 1 is 1.04 bits per heavy atom. The summed E-state index contributed by atoms with van der Waals surface area (Å²) >= 11 is 0. The summed E-state index contributed by atoms with van der Waals surface area (Å²) in [5.74, 6) is 0.412. The highest BCUT2D eigenvalue weighted by atomic mass is 16.2. The first kappa shape index (κ1) is 17.8. The fraction of sp³-hybridized carbons (Fsp3) is 0.812. The molecule has 2 fully saturated rings. The summed E-state index contributed by atoms with van der Waals surface area (Å²) < 4.78 is 1.42. The number of aromatic nitrogens is 4. The van der Waals surface area contributed by atoms with Gasteiger partial charge in [-0.15, -0.1) is 5.10 Å². The van der Waals surface area contributed by atoms with E-state index in [1.807, 2.05) is 4.90 Å². The highest BCUT2D eigenvalue weighted by Gasteiger charge is 2.32. The SMILES string of the molecule is CN(C)C1CCC(C(=O)N2CCN(C(=O)Cn3cnnn3)CC2)CC1. The molecule has 9 nitrogen and oxygen atoms in total. The lowest BCUT2D eigenvalue weighted by molar-refractivity contribution is -0.143. The van der Waals surface area contributed by atoms with Crippen LogP contribution in [0.3, 0.4) is 0 Å². The van der Waals surface area contributed by atoms with Crippen LogP contribution in [-0.4, -0.2) is 93.0 Å². The molecule has 0 bridgehead atoms. The maximum atomic E-state index is 12.7. The Balaban J connectivity index is 1.44. The lowest BCUT2D eigenvalue weighted by Gasteiger charge is -2.38. The number of tetrazole rings is 1. The number of carbonyl (C=O) groups excluding carboxylic acids is 2.